The fourth-order valence-corrected chi connectivity index (χ4v) is 1.80. The summed E-state index contributed by atoms with van der Waals surface area (Å²) in [6, 6.07) is 1.54. The van der Waals surface area contributed by atoms with Crippen LogP contribution in [0.4, 0.5) is 0 Å². The minimum Gasteiger partial charge on any atom is -0.465 e. The zero-order valence-electron chi connectivity index (χ0n) is 11.1. The first-order valence-electron chi connectivity index (χ1n) is 6.14. The van der Waals surface area contributed by atoms with Crippen molar-refractivity contribution in [2.45, 2.75) is 20.3 Å². The van der Waals surface area contributed by atoms with Gasteiger partial charge in [0.2, 0.25) is 0 Å². The third-order valence-electron chi connectivity index (χ3n) is 2.41. The molecule has 0 radical (unpaired) electrons. The number of ether oxygens (including phenoxy) is 1. The molecule has 1 amide bonds. The average Bonchev–Trinajstić information content (AvgIpc) is 2.38. The molecule has 0 N–H and O–H groups in total. The third-order valence-corrected chi connectivity index (χ3v) is 2.71. The number of carbonyl (C=O) groups excluding carboxylic acids is 2. The minimum absolute atomic E-state index is 0.0703. The number of pyridine rings is 1. The van der Waals surface area contributed by atoms with E-state index in [1.807, 2.05) is 6.92 Å². The summed E-state index contributed by atoms with van der Waals surface area (Å²) in [6.45, 7) is 4.35. The highest BCUT2D eigenvalue weighted by molar-refractivity contribution is 6.33. The van der Waals surface area contributed by atoms with E-state index in [9.17, 15) is 9.59 Å². The molecule has 104 valence electrons. The molecule has 0 unspecified atom stereocenters. The van der Waals surface area contributed by atoms with Gasteiger partial charge in [-0.2, -0.15) is 0 Å². The topological polar surface area (TPSA) is 59.5 Å². The molecule has 0 bridgehead atoms. The maximum Gasteiger partial charge on any atom is 0.325 e. The summed E-state index contributed by atoms with van der Waals surface area (Å²) in [6.07, 6.45) is 3.64. The molecule has 0 saturated heterocycles. The number of halogens is 1. The number of aromatic nitrogens is 1. The van der Waals surface area contributed by atoms with Crippen molar-refractivity contribution in [1.82, 2.24) is 9.88 Å². The molecule has 0 fully saturated rings. The van der Waals surface area contributed by atoms with Crippen LogP contribution in [0.5, 0.6) is 0 Å². The van der Waals surface area contributed by atoms with Crippen molar-refractivity contribution in [3.8, 4) is 0 Å². The van der Waals surface area contributed by atoms with E-state index < -0.39 is 5.97 Å². The van der Waals surface area contributed by atoms with Gasteiger partial charge in [0, 0.05) is 18.9 Å². The lowest BCUT2D eigenvalue weighted by molar-refractivity contribution is -0.143. The summed E-state index contributed by atoms with van der Waals surface area (Å²) < 4.78 is 4.86. The van der Waals surface area contributed by atoms with E-state index >= 15 is 0 Å². The molecule has 0 aliphatic carbocycles. The van der Waals surface area contributed by atoms with Crippen LogP contribution >= 0.6 is 11.6 Å². The van der Waals surface area contributed by atoms with Gasteiger partial charge in [0.15, 0.2) is 0 Å². The van der Waals surface area contributed by atoms with Crippen molar-refractivity contribution in [1.29, 1.82) is 0 Å². The maximum atomic E-state index is 12.3. The quantitative estimate of drug-likeness (QED) is 0.751. The van der Waals surface area contributed by atoms with Crippen LogP contribution in [-0.4, -0.2) is 41.5 Å². The van der Waals surface area contributed by atoms with Crippen LogP contribution in [0.1, 0.15) is 30.6 Å². The molecule has 0 aromatic carbocycles. The summed E-state index contributed by atoms with van der Waals surface area (Å²) in [7, 11) is 0. The number of hydrogen-bond acceptors (Lipinski definition) is 4. The van der Waals surface area contributed by atoms with Crippen LogP contribution < -0.4 is 0 Å². The van der Waals surface area contributed by atoms with Gasteiger partial charge in [-0.1, -0.05) is 18.5 Å². The van der Waals surface area contributed by atoms with E-state index in [0.717, 1.165) is 6.42 Å². The molecule has 0 atom stereocenters. The second kappa shape index (κ2) is 7.74. The second-order valence-electron chi connectivity index (χ2n) is 3.89. The lowest BCUT2D eigenvalue weighted by atomic mass is 10.2. The molecular weight excluding hydrogens is 268 g/mol. The predicted octanol–water partition coefficient (Wildman–Crippen LogP) is 2.15. The van der Waals surface area contributed by atoms with Crippen LogP contribution in [0.3, 0.4) is 0 Å². The van der Waals surface area contributed by atoms with E-state index in [4.69, 9.17) is 16.3 Å². The third kappa shape index (κ3) is 4.52. The van der Waals surface area contributed by atoms with E-state index in [2.05, 4.69) is 4.98 Å². The lowest BCUT2D eigenvalue weighted by Crippen LogP contribution is -2.37. The molecule has 1 heterocycles. The SMILES string of the molecule is CCCN(CC(=O)OCC)C(=O)c1ccncc1Cl. The molecule has 19 heavy (non-hydrogen) atoms. The van der Waals surface area contributed by atoms with Gasteiger partial charge in [0.25, 0.3) is 5.91 Å². The van der Waals surface area contributed by atoms with Gasteiger partial charge in [0.05, 0.1) is 17.2 Å². The fourth-order valence-electron chi connectivity index (χ4n) is 1.60. The Hall–Kier alpha value is -1.62. The molecule has 1 aromatic rings. The summed E-state index contributed by atoms with van der Waals surface area (Å²) in [5.41, 5.74) is 0.342. The summed E-state index contributed by atoms with van der Waals surface area (Å²) in [4.78, 5) is 29.0. The Morgan fingerprint density at radius 1 is 1.42 bits per heavy atom. The molecule has 0 aliphatic heterocycles. The Bertz CT molecular complexity index is 451. The molecule has 1 rings (SSSR count). The Balaban J connectivity index is 2.84. The summed E-state index contributed by atoms with van der Waals surface area (Å²) >= 11 is 5.93. The first-order valence-corrected chi connectivity index (χ1v) is 6.52. The molecular formula is C13H17ClN2O3. The minimum atomic E-state index is -0.422. The average molecular weight is 285 g/mol. The van der Waals surface area contributed by atoms with Crippen molar-refractivity contribution in [3.63, 3.8) is 0 Å². The van der Waals surface area contributed by atoms with Gasteiger partial charge in [0.1, 0.15) is 6.54 Å². The normalized spacial score (nSPS) is 10.1. The van der Waals surface area contributed by atoms with Crippen LogP contribution in [0.25, 0.3) is 0 Å². The zero-order chi connectivity index (χ0) is 14.3. The Morgan fingerprint density at radius 2 is 2.16 bits per heavy atom. The smallest absolute Gasteiger partial charge is 0.325 e. The Labute approximate surface area is 117 Å². The highest BCUT2D eigenvalue weighted by Crippen LogP contribution is 2.16. The number of esters is 1. The first-order chi connectivity index (χ1) is 9.10. The van der Waals surface area contributed by atoms with Gasteiger partial charge in [-0.25, -0.2) is 0 Å². The van der Waals surface area contributed by atoms with E-state index in [1.165, 1.54) is 17.3 Å². The van der Waals surface area contributed by atoms with Gasteiger partial charge >= 0.3 is 5.97 Å². The van der Waals surface area contributed by atoms with Crippen molar-refractivity contribution in [2.24, 2.45) is 0 Å². The highest BCUT2D eigenvalue weighted by atomic mass is 35.5. The molecule has 0 spiro atoms. The van der Waals surface area contributed by atoms with Gasteiger partial charge in [-0.15, -0.1) is 0 Å². The van der Waals surface area contributed by atoms with E-state index in [0.29, 0.717) is 18.7 Å². The first kappa shape index (κ1) is 15.4. The molecule has 1 aromatic heterocycles. The Kier molecular flexibility index (Phi) is 6.29. The lowest BCUT2D eigenvalue weighted by Gasteiger charge is -2.21. The standard InChI is InChI=1S/C13H17ClN2O3/c1-3-7-16(9-12(17)19-4-2)13(18)10-5-6-15-8-11(10)14/h5-6,8H,3-4,7,9H2,1-2H3. The van der Waals surface area contributed by atoms with Crippen LogP contribution in [0.15, 0.2) is 18.5 Å². The van der Waals surface area contributed by atoms with Crippen molar-refractivity contribution < 1.29 is 14.3 Å². The number of carbonyl (C=O) groups is 2. The summed E-state index contributed by atoms with van der Waals surface area (Å²) in [5.74, 6) is -0.711. The monoisotopic (exact) mass is 284 g/mol. The van der Waals surface area contributed by atoms with Crippen LogP contribution in [0, 0.1) is 0 Å². The van der Waals surface area contributed by atoms with Crippen LogP contribution in [0.2, 0.25) is 5.02 Å². The Morgan fingerprint density at radius 3 is 2.74 bits per heavy atom. The van der Waals surface area contributed by atoms with Crippen LogP contribution in [-0.2, 0) is 9.53 Å². The van der Waals surface area contributed by atoms with Gasteiger partial charge in [-0.05, 0) is 19.4 Å². The molecule has 0 aliphatic rings. The second-order valence-corrected chi connectivity index (χ2v) is 4.29. The highest BCUT2D eigenvalue weighted by Gasteiger charge is 2.20. The van der Waals surface area contributed by atoms with E-state index in [-0.39, 0.29) is 17.5 Å². The van der Waals surface area contributed by atoms with E-state index in [1.54, 1.807) is 13.0 Å². The maximum absolute atomic E-state index is 12.3. The number of amides is 1. The van der Waals surface area contributed by atoms with Crippen molar-refractivity contribution in [3.05, 3.63) is 29.0 Å². The largest absolute Gasteiger partial charge is 0.465 e. The van der Waals surface area contributed by atoms with Crippen molar-refractivity contribution in [2.75, 3.05) is 19.7 Å². The van der Waals surface area contributed by atoms with Gasteiger partial charge in [-0.3, -0.25) is 14.6 Å². The molecule has 6 heteroatoms. The molecule has 5 nitrogen and oxygen atoms in total. The number of hydrogen-bond donors (Lipinski definition) is 0. The summed E-state index contributed by atoms with van der Waals surface area (Å²) in [5, 5.41) is 0.275. The van der Waals surface area contributed by atoms with Gasteiger partial charge < -0.3 is 9.64 Å². The zero-order valence-corrected chi connectivity index (χ0v) is 11.8. The molecule has 0 saturated carbocycles. The predicted molar refractivity (Wildman–Crippen MR) is 72.1 cm³/mol. The fraction of sp³-hybridized carbons (Fsp3) is 0.462. The number of rotatable bonds is 6. The number of nitrogens with zero attached hydrogens (tertiary/aromatic N) is 2. The van der Waals surface area contributed by atoms with Crippen molar-refractivity contribution >= 4 is 23.5 Å².